The van der Waals surface area contributed by atoms with E-state index < -0.39 is 5.56 Å². The van der Waals surface area contributed by atoms with Crippen LogP contribution in [0.3, 0.4) is 0 Å². The molecule has 2 aromatic heterocycles. The van der Waals surface area contributed by atoms with Gasteiger partial charge in [-0.15, -0.1) is 0 Å². The summed E-state index contributed by atoms with van der Waals surface area (Å²) in [5.41, 5.74) is -0.136. The summed E-state index contributed by atoms with van der Waals surface area (Å²) in [6.07, 6.45) is 2.16. The molecular weight excluding hydrogens is 262 g/mol. The molecule has 0 bridgehead atoms. The standard InChI is InChI=1S/C12H15N5O3/c1-6(18)13-11-14-9-8(10(19)15-11)17(5-7-3-4-7)12(20)16(9)2/h7H,3-5H2,1-2H3,(H2,13,14,15,18,19). The molecule has 1 aliphatic carbocycles. The van der Waals surface area contributed by atoms with Crippen LogP contribution in [-0.4, -0.2) is 25.0 Å². The second kappa shape index (κ2) is 4.32. The molecule has 0 radical (unpaired) electrons. The lowest BCUT2D eigenvalue weighted by Gasteiger charge is -2.02. The van der Waals surface area contributed by atoms with Crippen LogP contribution in [0, 0.1) is 5.92 Å². The van der Waals surface area contributed by atoms with Gasteiger partial charge in [-0.2, -0.15) is 4.98 Å². The third-order valence-electron chi connectivity index (χ3n) is 3.41. The molecule has 0 atom stereocenters. The topological polar surface area (TPSA) is 102 Å². The number of aromatic nitrogens is 4. The molecule has 2 N–H and O–H groups in total. The average molecular weight is 277 g/mol. The fourth-order valence-corrected chi connectivity index (χ4v) is 2.25. The van der Waals surface area contributed by atoms with Crippen LogP contribution in [0.1, 0.15) is 19.8 Å². The first-order valence-corrected chi connectivity index (χ1v) is 6.44. The molecular formula is C12H15N5O3. The highest BCUT2D eigenvalue weighted by Gasteiger charge is 2.25. The van der Waals surface area contributed by atoms with Crippen molar-refractivity contribution in [2.45, 2.75) is 26.3 Å². The number of hydrogen-bond acceptors (Lipinski definition) is 4. The van der Waals surface area contributed by atoms with E-state index in [2.05, 4.69) is 15.3 Å². The number of anilines is 1. The van der Waals surface area contributed by atoms with E-state index in [9.17, 15) is 14.4 Å². The van der Waals surface area contributed by atoms with Crippen LogP contribution in [-0.2, 0) is 18.4 Å². The predicted molar refractivity (Wildman–Crippen MR) is 72.6 cm³/mol. The van der Waals surface area contributed by atoms with E-state index in [-0.39, 0.29) is 28.7 Å². The Morgan fingerprint density at radius 2 is 2.15 bits per heavy atom. The Morgan fingerprint density at radius 3 is 2.75 bits per heavy atom. The number of carbonyl (C=O) groups is 1. The maximum absolute atomic E-state index is 12.2. The van der Waals surface area contributed by atoms with Crippen molar-refractivity contribution in [2.75, 3.05) is 5.32 Å². The van der Waals surface area contributed by atoms with Crippen LogP contribution in [0.25, 0.3) is 11.2 Å². The van der Waals surface area contributed by atoms with Gasteiger partial charge in [-0.05, 0) is 18.8 Å². The maximum Gasteiger partial charge on any atom is 0.330 e. The van der Waals surface area contributed by atoms with Crippen LogP contribution >= 0.6 is 0 Å². The van der Waals surface area contributed by atoms with E-state index in [4.69, 9.17) is 0 Å². The molecule has 2 aromatic rings. The summed E-state index contributed by atoms with van der Waals surface area (Å²) in [4.78, 5) is 42.0. The summed E-state index contributed by atoms with van der Waals surface area (Å²) in [6.45, 7) is 1.86. The summed E-state index contributed by atoms with van der Waals surface area (Å²) < 4.78 is 2.80. The Labute approximate surface area is 113 Å². The van der Waals surface area contributed by atoms with Crippen molar-refractivity contribution in [3.05, 3.63) is 20.8 Å². The number of carbonyl (C=O) groups excluding carboxylic acids is 1. The molecule has 0 spiro atoms. The number of imidazole rings is 1. The summed E-state index contributed by atoms with van der Waals surface area (Å²) in [7, 11) is 1.57. The minimum atomic E-state index is -0.419. The molecule has 8 heteroatoms. The van der Waals surface area contributed by atoms with Crippen molar-refractivity contribution in [3.8, 4) is 0 Å². The van der Waals surface area contributed by atoms with Gasteiger partial charge in [0.1, 0.15) is 0 Å². The van der Waals surface area contributed by atoms with Gasteiger partial charge in [-0.3, -0.25) is 29.0 Å². The molecule has 1 fully saturated rings. The SMILES string of the molecule is CC(=O)Nc1nc2c(c(=O)[nH]1)n(CC1CC1)c(=O)n2C. The van der Waals surface area contributed by atoms with Crippen molar-refractivity contribution in [2.24, 2.45) is 13.0 Å². The first-order chi connectivity index (χ1) is 9.47. The van der Waals surface area contributed by atoms with E-state index in [0.717, 1.165) is 12.8 Å². The van der Waals surface area contributed by atoms with E-state index >= 15 is 0 Å². The second-order valence-corrected chi connectivity index (χ2v) is 5.16. The molecule has 0 aromatic carbocycles. The number of H-pyrrole nitrogens is 1. The van der Waals surface area contributed by atoms with Crippen molar-refractivity contribution in [1.82, 2.24) is 19.1 Å². The summed E-state index contributed by atoms with van der Waals surface area (Å²) in [5, 5.41) is 2.42. The summed E-state index contributed by atoms with van der Waals surface area (Å²) in [5.74, 6) is 0.178. The molecule has 3 rings (SSSR count). The number of nitrogens with zero attached hydrogens (tertiary/aromatic N) is 3. The van der Waals surface area contributed by atoms with Crippen molar-refractivity contribution in [3.63, 3.8) is 0 Å². The molecule has 0 saturated heterocycles. The zero-order chi connectivity index (χ0) is 14.4. The lowest BCUT2D eigenvalue weighted by Crippen LogP contribution is -2.24. The normalized spacial score (nSPS) is 14.7. The lowest BCUT2D eigenvalue weighted by atomic mass is 10.4. The first kappa shape index (κ1) is 12.6. The quantitative estimate of drug-likeness (QED) is 0.810. The summed E-state index contributed by atoms with van der Waals surface area (Å²) >= 11 is 0. The largest absolute Gasteiger partial charge is 0.330 e. The van der Waals surface area contributed by atoms with E-state index in [1.54, 1.807) is 7.05 Å². The van der Waals surface area contributed by atoms with Gasteiger partial charge in [0.15, 0.2) is 11.2 Å². The molecule has 106 valence electrons. The van der Waals surface area contributed by atoms with Crippen molar-refractivity contribution >= 4 is 23.0 Å². The molecule has 1 amide bonds. The molecule has 0 aliphatic heterocycles. The van der Waals surface area contributed by atoms with Crippen LogP contribution < -0.4 is 16.6 Å². The smallest absolute Gasteiger partial charge is 0.296 e. The number of fused-ring (bicyclic) bond motifs is 1. The minimum Gasteiger partial charge on any atom is -0.296 e. The molecule has 2 heterocycles. The minimum absolute atomic E-state index is 0.0502. The van der Waals surface area contributed by atoms with Gasteiger partial charge in [-0.1, -0.05) is 0 Å². The van der Waals surface area contributed by atoms with Gasteiger partial charge >= 0.3 is 5.69 Å². The lowest BCUT2D eigenvalue weighted by molar-refractivity contribution is -0.114. The Bertz CT molecular complexity index is 809. The van der Waals surface area contributed by atoms with Gasteiger partial charge in [0.2, 0.25) is 11.9 Å². The van der Waals surface area contributed by atoms with Gasteiger partial charge in [0.25, 0.3) is 5.56 Å². The van der Waals surface area contributed by atoms with E-state index in [1.165, 1.54) is 16.1 Å². The number of amides is 1. The highest BCUT2D eigenvalue weighted by molar-refractivity contribution is 5.87. The van der Waals surface area contributed by atoms with E-state index in [1.807, 2.05) is 0 Å². The highest BCUT2D eigenvalue weighted by Crippen LogP contribution is 2.30. The Morgan fingerprint density at radius 1 is 1.45 bits per heavy atom. The van der Waals surface area contributed by atoms with Gasteiger partial charge < -0.3 is 0 Å². The first-order valence-electron chi connectivity index (χ1n) is 6.44. The van der Waals surface area contributed by atoms with Crippen molar-refractivity contribution < 1.29 is 4.79 Å². The number of nitrogens with one attached hydrogen (secondary N) is 2. The predicted octanol–water partition coefficient (Wildman–Crippen LogP) is -0.208. The number of aromatic amines is 1. The van der Waals surface area contributed by atoms with Crippen LogP contribution in [0.2, 0.25) is 0 Å². The number of aryl methyl sites for hydroxylation is 1. The molecule has 8 nitrogen and oxygen atoms in total. The van der Waals surface area contributed by atoms with Crippen LogP contribution in [0.15, 0.2) is 9.59 Å². The Balaban J connectivity index is 2.22. The third kappa shape index (κ3) is 2.02. The van der Waals surface area contributed by atoms with Gasteiger partial charge in [-0.25, -0.2) is 4.79 Å². The zero-order valence-electron chi connectivity index (χ0n) is 11.3. The van der Waals surface area contributed by atoms with E-state index in [0.29, 0.717) is 12.5 Å². The van der Waals surface area contributed by atoms with Crippen LogP contribution in [0.5, 0.6) is 0 Å². The third-order valence-corrected chi connectivity index (χ3v) is 3.41. The fraction of sp³-hybridized carbons (Fsp3) is 0.500. The highest BCUT2D eigenvalue weighted by atomic mass is 16.2. The molecule has 20 heavy (non-hydrogen) atoms. The van der Waals surface area contributed by atoms with Gasteiger partial charge in [0.05, 0.1) is 0 Å². The molecule has 0 unspecified atom stereocenters. The number of hydrogen-bond donors (Lipinski definition) is 2. The maximum atomic E-state index is 12.2. The molecule has 1 aliphatic rings. The monoisotopic (exact) mass is 277 g/mol. The van der Waals surface area contributed by atoms with Crippen molar-refractivity contribution in [1.29, 1.82) is 0 Å². The molecule has 1 saturated carbocycles. The van der Waals surface area contributed by atoms with Gasteiger partial charge in [0, 0.05) is 20.5 Å². The number of rotatable bonds is 3. The average Bonchev–Trinajstić information content (AvgIpc) is 3.13. The Hall–Kier alpha value is -2.38. The van der Waals surface area contributed by atoms with Crippen LogP contribution in [0.4, 0.5) is 5.95 Å². The zero-order valence-corrected chi connectivity index (χ0v) is 11.3. The second-order valence-electron chi connectivity index (χ2n) is 5.16. The Kier molecular flexibility index (Phi) is 2.73. The summed E-state index contributed by atoms with van der Waals surface area (Å²) in [6, 6.07) is 0. The fourth-order valence-electron chi connectivity index (χ4n) is 2.25.